The summed E-state index contributed by atoms with van der Waals surface area (Å²) >= 11 is 6.18. The molecule has 0 heterocycles. The lowest BCUT2D eigenvalue weighted by molar-refractivity contribution is -0.143. The Bertz CT molecular complexity index is 1110. The van der Waals surface area contributed by atoms with Crippen LogP contribution in [0.2, 0.25) is 5.02 Å². The third kappa shape index (κ3) is 8.11. The van der Waals surface area contributed by atoms with E-state index in [0.717, 1.165) is 17.5 Å². The molecule has 0 radical (unpaired) electrons. The van der Waals surface area contributed by atoms with Crippen LogP contribution in [0.5, 0.6) is 5.75 Å². The van der Waals surface area contributed by atoms with E-state index in [-0.39, 0.29) is 31.0 Å². The van der Waals surface area contributed by atoms with Gasteiger partial charge in [0.2, 0.25) is 5.91 Å². The molecule has 0 saturated heterocycles. The summed E-state index contributed by atoms with van der Waals surface area (Å²) in [4.78, 5) is 28.4. The first-order chi connectivity index (χ1) is 16.9. The van der Waals surface area contributed by atoms with E-state index in [1.807, 2.05) is 50.2 Å². The number of rotatable bonds is 11. The number of carbonyl (C=O) groups excluding carboxylic acids is 2. The minimum Gasteiger partial charge on any atom is -0.484 e. The van der Waals surface area contributed by atoms with E-state index >= 15 is 0 Å². The lowest BCUT2D eigenvalue weighted by Crippen LogP contribution is -2.53. The van der Waals surface area contributed by atoms with Gasteiger partial charge in [-0.25, -0.2) is 4.39 Å². The maximum Gasteiger partial charge on any atom is 0.261 e. The van der Waals surface area contributed by atoms with Crippen LogP contribution in [0.4, 0.5) is 4.39 Å². The molecular formula is C28H30ClFN2O3. The molecule has 35 heavy (non-hydrogen) atoms. The minimum absolute atomic E-state index is 0.0423. The van der Waals surface area contributed by atoms with Gasteiger partial charge in [-0.1, -0.05) is 61.0 Å². The van der Waals surface area contributed by atoms with Gasteiger partial charge in [0.25, 0.3) is 5.91 Å². The van der Waals surface area contributed by atoms with Crippen LogP contribution in [0.3, 0.4) is 0 Å². The van der Waals surface area contributed by atoms with Crippen molar-refractivity contribution in [2.45, 2.75) is 45.3 Å². The maximum atomic E-state index is 13.5. The van der Waals surface area contributed by atoms with Crippen LogP contribution >= 0.6 is 11.6 Å². The predicted molar refractivity (Wildman–Crippen MR) is 136 cm³/mol. The van der Waals surface area contributed by atoms with Crippen molar-refractivity contribution in [3.63, 3.8) is 0 Å². The fraction of sp³-hybridized carbons (Fsp3) is 0.286. The Morgan fingerprint density at radius 2 is 1.69 bits per heavy atom. The van der Waals surface area contributed by atoms with Crippen LogP contribution < -0.4 is 10.1 Å². The quantitative estimate of drug-likeness (QED) is 0.386. The summed E-state index contributed by atoms with van der Waals surface area (Å²) < 4.78 is 18.9. The van der Waals surface area contributed by atoms with Crippen molar-refractivity contribution in [2.24, 2.45) is 0 Å². The first-order valence-corrected chi connectivity index (χ1v) is 12.0. The highest BCUT2D eigenvalue weighted by Gasteiger charge is 2.31. The molecule has 0 aliphatic carbocycles. The van der Waals surface area contributed by atoms with Crippen molar-refractivity contribution in [3.8, 4) is 5.75 Å². The average Bonchev–Trinajstić information content (AvgIpc) is 2.86. The van der Waals surface area contributed by atoms with Crippen molar-refractivity contribution in [1.29, 1.82) is 0 Å². The molecule has 0 unspecified atom stereocenters. The van der Waals surface area contributed by atoms with E-state index in [4.69, 9.17) is 16.3 Å². The number of nitrogens with one attached hydrogen (secondary N) is 1. The SMILES string of the molecule is CC[C@H](C)NC(=O)[C@@H](Cc1ccccc1)N(Cc1cccc(Cl)c1)C(=O)COc1ccc(F)cc1. The molecule has 2 atom stereocenters. The summed E-state index contributed by atoms with van der Waals surface area (Å²) in [6.45, 7) is 3.80. The minimum atomic E-state index is -0.769. The van der Waals surface area contributed by atoms with Gasteiger partial charge < -0.3 is 15.0 Å². The van der Waals surface area contributed by atoms with E-state index in [0.29, 0.717) is 17.2 Å². The van der Waals surface area contributed by atoms with Gasteiger partial charge in [-0.2, -0.15) is 0 Å². The van der Waals surface area contributed by atoms with Gasteiger partial charge in [0, 0.05) is 24.0 Å². The highest BCUT2D eigenvalue weighted by molar-refractivity contribution is 6.30. The Morgan fingerprint density at radius 3 is 2.34 bits per heavy atom. The van der Waals surface area contributed by atoms with Crippen molar-refractivity contribution < 1.29 is 18.7 Å². The Morgan fingerprint density at radius 1 is 1.00 bits per heavy atom. The Hall–Kier alpha value is -3.38. The zero-order valence-electron chi connectivity index (χ0n) is 19.9. The second-order valence-corrected chi connectivity index (χ2v) is 8.85. The summed E-state index contributed by atoms with van der Waals surface area (Å²) in [5.41, 5.74) is 1.72. The summed E-state index contributed by atoms with van der Waals surface area (Å²) in [7, 11) is 0. The molecule has 0 spiro atoms. The van der Waals surface area contributed by atoms with Crippen molar-refractivity contribution in [2.75, 3.05) is 6.61 Å². The molecule has 1 N–H and O–H groups in total. The molecule has 5 nitrogen and oxygen atoms in total. The van der Waals surface area contributed by atoms with E-state index in [2.05, 4.69) is 5.32 Å². The highest BCUT2D eigenvalue weighted by atomic mass is 35.5. The second kappa shape index (κ2) is 12.9. The van der Waals surface area contributed by atoms with Gasteiger partial charge in [-0.3, -0.25) is 9.59 Å². The van der Waals surface area contributed by atoms with Gasteiger partial charge in [0.1, 0.15) is 17.6 Å². The average molecular weight is 497 g/mol. The first kappa shape index (κ1) is 26.2. The molecule has 0 fully saturated rings. The van der Waals surface area contributed by atoms with Gasteiger partial charge >= 0.3 is 0 Å². The lowest BCUT2D eigenvalue weighted by Gasteiger charge is -2.32. The molecule has 184 valence electrons. The Kier molecular flexibility index (Phi) is 9.67. The number of nitrogens with zero attached hydrogens (tertiary/aromatic N) is 1. The maximum absolute atomic E-state index is 13.5. The van der Waals surface area contributed by atoms with Crippen LogP contribution in [0.15, 0.2) is 78.9 Å². The predicted octanol–water partition coefficient (Wildman–Crippen LogP) is 5.41. The Balaban J connectivity index is 1.90. The molecule has 3 aromatic carbocycles. The number of amides is 2. The molecule has 0 bridgehead atoms. The fourth-order valence-electron chi connectivity index (χ4n) is 3.59. The van der Waals surface area contributed by atoms with Gasteiger partial charge in [0.15, 0.2) is 6.61 Å². The highest BCUT2D eigenvalue weighted by Crippen LogP contribution is 2.19. The number of halogens is 2. The first-order valence-electron chi connectivity index (χ1n) is 11.6. The van der Waals surface area contributed by atoms with Crippen molar-refractivity contribution in [3.05, 3.63) is 101 Å². The van der Waals surface area contributed by atoms with Gasteiger partial charge in [-0.05, 0) is 60.9 Å². The number of ether oxygens (including phenoxy) is 1. The molecule has 2 amide bonds. The summed E-state index contributed by atoms with van der Waals surface area (Å²) in [6, 6.07) is 21.4. The van der Waals surface area contributed by atoms with Crippen LogP contribution in [0.25, 0.3) is 0 Å². The smallest absolute Gasteiger partial charge is 0.261 e. The molecule has 3 aromatic rings. The number of benzene rings is 3. The summed E-state index contributed by atoms with van der Waals surface area (Å²) in [5.74, 6) is -0.628. The van der Waals surface area contributed by atoms with Crippen molar-refractivity contribution >= 4 is 23.4 Å². The molecular weight excluding hydrogens is 467 g/mol. The molecule has 3 rings (SSSR count). The topological polar surface area (TPSA) is 58.6 Å². The van der Waals surface area contributed by atoms with Crippen LogP contribution in [-0.4, -0.2) is 35.4 Å². The van der Waals surface area contributed by atoms with Crippen LogP contribution in [0.1, 0.15) is 31.4 Å². The zero-order valence-corrected chi connectivity index (χ0v) is 20.7. The fourth-order valence-corrected chi connectivity index (χ4v) is 3.80. The normalized spacial score (nSPS) is 12.5. The van der Waals surface area contributed by atoms with Gasteiger partial charge in [-0.15, -0.1) is 0 Å². The van der Waals surface area contributed by atoms with E-state index in [1.54, 1.807) is 18.2 Å². The van der Waals surface area contributed by atoms with Crippen LogP contribution in [-0.2, 0) is 22.6 Å². The molecule has 0 saturated carbocycles. The number of hydrogen-bond acceptors (Lipinski definition) is 3. The molecule has 0 aliphatic rings. The third-order valence-corrected chi connectivity index (χ3v) is 5.93. The second-order valence-electron chi connectivity index (χ2n) is 8.42. The largest absolute Gasteiger partial charge is 0.484 e. The van der Waals surface area contributed by atoms with Gasteiger partial charge in [0.05, 0.1) is 0 Å². The summed E-state index contributed by atoms with van der Waals surface area (Å²) in [5, 5.41) is 3.56. The van der Waals surface area contributed by atoms with Crippen LogP contribution in [0, 0.1) is 5.82 Å². The van der Waals surface area contributed by atoms with E-state index < -0.39 is 11.9 Å². The third-order valence-electron chi connectivity index (χ3n) is 5.69. The zero-order chi connectivity index (χ0) is 25.2. The monoisotopic (exact) mass is 496 g/mol. The molecule has 0 aromatic heterocycles. The molecule has 0 aliphatic heterocycles. The lowest BCUT2D eigenvalue weighted by atomic mass is 10.0. The Labute approximate surface area is 210 Å². The number of hydrogen-bond donors (Lipinski definition) is 1. The van der Waals surface area contributed by atoms with Crippen molar-refractivity contribution in [1.82, 2.24) is 10.2 Å². The number of carbonyl (C=O) groups is 2. The molecule has 7 heteroatoms. The standard InChI is InChI=1S/C28H30ClFN2O3/c1-3-20(2)31-28(34)26(17-21-8-5-4-6-9-21)32(18-22-10-7-11-23(29)16-22)27(33)19-35-25-14-12-24(30)13-15-25/h4-16,20,26H,3,17-19H2,1-2H3,(H,31,34)/t20-,26+/m0/s1. The van der Waals surface area contributed by atoms with E-state index in [9.17, 15) is 14.0 Å². The summed E-state index contributed by atoms with van der Waals surface area (Å²) in [6.07, 6.45) is 1.10. The van der Waals surface area contributed by atoms with E-state index in [1.165, 1.54) is 29.2 Å².